The molecule has 0 spiro atoms. The van der Waals surface area contributed by atoms with Gasteiger partial charge < -0.3 is 28.9 Å². The van der Waals surface area contributed by atoms with E-state index in [2.05, 4.69) is 21.9 Å². The summed E-state index contributed by atoms with van der Waals surface area (Å²) in [5.41, 5.74) is 2.25. The van der Waals surface area contributed by atoms with Crippen molar-refractivity contribution in [2.75, 3.05) is 84.2 Å². The van der Waals surface area contributed by atoms with Crippen LogP contribution in [0, 0.1) is 11.8 Å². The van der Waals surface area contributed by atoms with E-state index < -0.39 is 0 Å². The van der Waals surface area contributed by atoms with Crippen molar-refractivity contribution < 1.29 is 28.6 Å². The molecule has 0 radical (unpaired) electrons. The quantitative estimate of drug-likeness (QED) is 0.506. The molecule has 10 nitrogen and oxygen atoms in total. The Morgan fingerprint density at radius 2 is 1.84 bits per heavy atom. The first kappa shape index (κ1) is 26.7. The van der Waals surface area contributed by atoms with Gasteiger partial charge in [0.2, 0.25) is 11.8 Å². The van der Waals surface area contributed by atoms with Gasteiger partial charge in [0.25, 0.3) is 0 Å². The van der Waals surface area contributed by atoms with Crippen LogP contribution in [-0.2, 0) is 30.3 Å². The summed E-state index contributed by atoms with van der Waals surface area (Å²) in [6.45, 7) is 8.13. The van der Waals surface area contributed by atoms with Crippen LogP contribution in [0.1, 0.15) is 25.3 Å². The molecule has 1 aromatic rings. The zero-order valence-electron chi connectivity index (χ0n) is 22.6. The van der Waals surface area contributed by atoms with E-state index in [1.807, 2.05) is 22.8 Å². The summed E-state index contributed by atoms with van der Waals surface area (Å²) in [6.07, 6.45) is 2.18. The molecule has 0 aromatic heterocycles. The van der Waals surface area contributed by atoms with E-state index in [1.165, 1.54) is 0 Å². The third kappa shape index (κ3) is 5.61. The maximum absolute atomic E-state index is 14.1. The number of ether oxygens (including phenoxy) is 3. The fourth-order valence-corrected chi connectivity index (χ4v) is 6.36. The topological polar surface area (TPSA) is 91.9 Å². The first-order valence-corrected chi connectivity index (χ1v) is 13.9. The van der Waals surface area contributed by atoms with Crippen molar-refractivity contribution in [3.8, 4) is 5.75 Å². The van der Waals surface area contributed by atoms with Crippen LogP contribution in [0.2, 0.25) is 0 Å². The van der Waals surface area contributed by atoms with Crippen molar-refractivity contribution in [3.63, 3.8) is 0 Å². The average Bonchev–Trinajstić information content (AvgIpc) is 2.96. The maximum atomic E-state index is 14.1. The normalized spacial score (nSPS) is 25.8. The maximum Gasteiger partial charge on any atom is 0.310 e. The van der Waals surface area contributed by atoms with E-state index >= 15 is 0 Å². The van der Waals surface area contributed by atoms with Gasteiger partial charge in [-0.1, -0.05) is 6.07 Å². The van der Waals surface area contributed by atoms with Gasteiger partial charge in [0.15, 0.2) is 0 Å². The summed E-state index contributed by atoms with van der Waals surface area (Å²) in [5.74, 6) is 0.285. The molecule has 3 saturated heterocycles. The number of hydrogen-bond acceptors (Lipinski definition) is 8. The Labute approximate surface area is 224 Å². The third-order valence-corrected chi connectivity index (χ3v) is 8.40. The summed E-state index contributed by atoms with van der Waals surface area (Å²) >= 11 is 0. The molecule has 0 aliphatic carbocycles. The summed E-state index contributed by atoms with van der Waals surface area (Å²) in [6, 6.07) is 6.03. The fourth-order valence-electron chi connectivity index (χ4n) is 6.36. The number of benzene rings is 1. The molecule has 3 fully saturated rings. The molecule has 4 aliphatic heterocycles. The van der Waals surface area contributed by atoms with Crippen LogP contribution in [0.3, 0.4) is 0 Å². The number of piperidine rings is 1. The molecular formula is C28H40N4O6. The molecule has 208 valence electrons. The van der Waals surface area contributed by atoms with Gasteiger partial charge in [0.05, 0.1) is 51.4 Å². The van der Waals surface area contributed by atoms with Crippen LogP contribution in [0.5, 0.6) is 5.75 Å². The highest BCUT2D eigenvalue weighted by Crippen LogP contribution is 2.39. The number of likely N-dealkylation sites (tertiary alicyclic amines) is 1. The first-order chi connectivity index (χ1) is 18.5. The predicted molar refractivity (Wildman–Crippen MR) is 141 cm³/mol. The number of amides is 2. The third-order valence-electron chi connectivity index (χ3n) is 8.40. The van der Waals surface area contributed by atoms with Gasteiger partial charge in [-0.15, -0.1) is 0 Å². The molecule has 0 saturated carbocycles. The molecule has 3 atom stereocenters. The lowest BCUT2D eigenvalue weighted by Gasteiger charge is -2.50. The van der Waals surface area contributed by atoms with E-state index in [0.29, 0.717) is 65.5 Å². The second-order valence-electron chi connectivity index (χ2n) is 10.7. The van der Waals surface area contributed by atoms with Crippen LogP contribution in [-0.4, -0.2) is 118 Å². The molecule has 5 rings (SSSR count). The summed E-state index contributed by atoms with van der Waals surface area (Å²) in [5, 5.41) is 0. The number of rotatable bonds is 6. The molecular weight excluding hydrogens is 488 g/mol. The Hall–Kier alpha value is -2.85. The lowest BCUT2D eigenvalue weighted by molar-refractivity contribution is -0.152. The largest absolute Gasteiger partial charge is 0.497 e. The van der Waals surface area contributed by atoms with Gasteiger partial charge in [0, 0.05) is 57.6 Å². The number of hydrogen-bond donors (Lipinski definition) is 0. The Morgan fingerprint density at radius 1 is 1.03 bits per heavy atom. The average molecular weight is 529 g/mol. The lowest BCUT2D eigenvalue weighted by Crippen LogP contribution is -2.62. The van der Waals surface area contributed by atoms with Crippen molar-refractivity contribution in [2.45, 2.75) is 32.2 Å². The monoisotopic (exact) mass is 528 g/mol. The molecule has 0 N–H and O–H groups in total. The van der Waals surface area contributed by atoms with E-state index in [1.54, 1.807) is 7.11 Å². The second kappa shape index (κ2) is 11.9. The van der Waals surface area contributed by atoms with E-state index in [4.69, 9.17) is 14.2 Å². The van der Waals surface area contributed by atoms with Crippen LogP contribution in [0.25, 0.3) is 0 Å². The van der Waals surface area contributed by atoms with Gasteiger partial charge in [0.1, 0.15) is 5.75 Å². The van der Waals surface area contributed by atoms with Crippen molar-refractivity contribution >= 4 is 23.5 Å². The second-order valence-corrected chi connectivity index (χ2v) is 10.7. The SMILES string of the molecule is CCOC(=O)C1CCCN(C(=O)C2Cc3ccc(OC)cc3N3CCN(CC(=O)N4CCOCC4)CC23)C1. The Morgan fingerprint density at radius 3 is 2.61 bits per heavy atom. The van der Waals surface area contributed by atoms with Crippen molar-refractivity contribution in [1.82, 2.24) is 14.7 Å². The fraction of sp³-hybridized carbons (Fsp3) is 0.679. The number of carbonyl (C=O) groups excluding carboxylic acids is 3. The number of carbonyl (C=O) groups is 3. The molecule has 38 heavy (non-hydrogen) atoms. The minimum absolute atomic E-state index is 0.0590. The van der Waals surface area contributed by atoms with Gasteiger partial charge >= 0.3 is 5.97 Å². The zero-order valence-corrected chi connectivity index (χ0v) is 22.6. The Kier molecular flexibility index (Phi) is 8.38. The van der Waals surface area contributed by atoms with Gasteiger partial charge in [-0.3, -0.25) is 19.3 Å². The van der Waals surface area contributed by atoms with Gasteiger partial charge in [-0.2, -0.15) is 0 Å². The van der Waals surface area contributed by atoms with E-state index in [0.717, 1.165) is 42.9 Å². The van der Waals surface area contributed by atoms with E-state index in [-0.39, 0.29) is 35.7 Å². The molecule has 10 heteroatoms. The molecule has 0 bridgehead atoms. The van der Waals surface area contributed by atoms with Gasteiger partial charge in [-0.05, 0) is 37.8 Å². The summed E-state index contributed by atoms with van der Waals surface area (Å²) < 4.78 is 16.2. The minimum atomic E-state index is -0.266. The number of fused-ring (bicyclic) bond motifs is 3. The smallest absolute Gasteiger partial charge is 0.310 e. The van der Waals surface area contributed by atoms with Crippen molar-refractivity contribution in [3.05, 3.63) is 23.8 Å². The predicted octanol–water partition coefficient (Wildman–Crippen LogP) is 1.02. The number of anilines is 1. The molecule has 4 heterocycles. The van der Waals surface area contributed by atoms with Crippen molar-refractivity contribution in [2.24, 2.45) is 11.8 Å². The molecule has 4 aliphatic rings. The van der Waals surface area contributed by atoms with Crippen LogP contribution >= 0.6 is 0 Å². The highest BCUT2D eigenvalue weighted by atomic mass is 16.5. The van der Waals surface area contributed by atoms with E-state index in [9.17, 15) is 14.4 Å². The highest BCUT2D eigenvalue weighted by Gasteiger charge is 2.44. The number of morpholine rings is 1. The molecule has 1 aromatic carbocycles. The summed E-state index contributed by atoms with van der Waals surface area (Å²) in [4.78, 5) is 47.8. The van der Waals surface area contributed by atoms with Gasteiger partial charge in [-0.25, -0.2) is 0 Å². The number of esters is 1. The first-order valence-electron chi connectivity index (χ1n) is 13.9. The van der Waals surface area contributed by atoms with Crippen LogP contribution in [0.15, 0.2) is 18.2 Å². The minimum Gasteiger partial charge on any atom is -0.497 e. The molecule has 3 unspecified atom stereocenters. The standard InChI is InChI=1S/C28H40N4O6/c1-3-38-28(35)21-5-4-8-31(17-21)27(34)23-15-20-6-7-22(36-2)16-24(20)32-10-9-29(18-25(23)32)19-26(33)30-11-13-37-14-12-30/h6-7,16,21,23,25H,3-5,8-15,17-19H2,1-2H3. The zero-order chi connectivity index (χ0) is 26.6. The number of methoxy groups -OCH3 is 1. The molecule has 2 amide bonds. The number of piperazine rings is 1. The van der Waals surface area contributed by atoms with Crippen LogP contribution < -0.4 is 9.64 Å². The van der Waals surface area contributed by atoms with Crippen molar-refractivity contribution in [1.29, 1.82) is 0 Å². The highest BCUT2D eigenvalue weighted by molar-refractivity contribution is 5.84. The lowest BCUT2D eigenvalue weighted by atomic mass is 9.82. The Bertz CT molecular complexity index is 1030. The number of nitrogens with zero attached hydrogens (tertiary/aromatic N) is 4. The Balaban J connectivity index is 1.35. The summed E-state index contributed by atoms with van der Waals surface area (Å²) in [7, 11) is 1.67. The van der Waals surface area contributed by atoms with Crippen LogP contribution in [0.4, 0.5) is 5.69 Å².